The molecule has 0 fully saturated rings. The first kappa shape index (κ1) is 24.6. The number of ketones is 1. The number of hydrogen-bond donors (Lipinski definition) is 2. The minimum atomic E-state index is -1.09. The minimum absolute atomic E-state index is 0.0478. The average molecular weight is 355 g/mol. The van der Waals surface area contributed by atoms with Gasteiger partial charge in [0.2, 0.25) is 0 Å². The number of Topliss-reactive ketones (excluding diaryl/α,β-unsaturated/α-hetero) is 1. The SMILES string of the molecule is CCCCCCCCCCCCCCCC(=O)C(N)(N)CCCCC. The summed E-state index contributed by atoms with van der Waals surface area (Å²) in [5.74, 6) is 0.0478. The molecule has 0 bridgehead atoms. The largest absolute Gasteiger partial charge is 0.307 e. The van der Waals surface area contributed by atoms with E-state index >= 15 is 0 Å². The quantitative estimate of drug-likeness (QED) is 0.213. The van der Waals surface area contributed by atoms with Gasteiger partial charge in [-0.1, -0.05) is 104 Å². The predicted octanol–water partition coefficient (Wildman–Crippen LogP) is 6.23. The highest BCUT2D eigenvalue weighted by Gasteiger charge is 2.27. The lowest BCUT2D eigenvalue weighted by atomic mass is 9.95. The molecule has 0 heterocycles. The second-order valence-corrected chi connectivity index (χ2v) is 7.91. The van der Waals surface area contributed by atoms with Crippen molar-refractivity contribution in [2.24, 2.45) is 11.5 Å². The number of nitrogens with two attached hydrogens (primary N) is 2. The smallest absolute Gasteiger partial charge is 0.166 e. The van der Waals surface area contributed by atoms with Crippen LogP contribution >= 0.6 is 0 Å². The fourth-order valence-electron chi connectivity index (χ4n) is 3.34. The van der Waals surface area contributed by atoms with Crippen molar-refractivity contribution >= 4 is 5.78 Å². The number of carbonyl (C=O) groups is 1. The number of unbranched alkanes of at least 4 members (excludes halogenated alkanes) is 14. The van der Waals surface area contributed by atoms with E-state index in [2.05, 4.69) is 13.8 Å². The highest BCUT2D eigenvalue weighted by atomic mass is 16.1. The molecule has 0 amide bonds. The molecular formula is C22H46N2O. The summed E-state index contributed by atoms with van der Waals surface area (Å²) in [6.45, 7) is 4.41. The van der Waals surface area contributed by atoms with Gasteiger partial charge < -0.3 is 11.5 Å². The third-order valence-electron chi connectivity index (χ3n) is 5.22. The molecule has 0 spiro atoms. The number of hydrogen-bond acceptors (Lipinski definition) is 3. The molecule has 0 aromatic carbocycles. The Kier molecular flexibility index (Phi) is 16.7. The van der Waals surface area contributed by atoms with E-state index in [1.807, 2.05) is 0 Å². The zero-order valence-corrected chi connectivity index (χ0v) is 17.3. The monoisotopic (exact) mass is 354 g/mol. The molecule has 0 atom stereocenters. The van der Waals surface area contributed by atoms with Gasteiger partial charge in [-0.25, -0.2) is 0 Å². The maximum atomic E-state index is 12.1. The Bertz CT molecular complexity index is 302. The van der Waals surface area contributed by atoms with Crippen LogP contribution in [-0.2, 0) is 4.79 Å². The molecule has 4 N–H and O–H groups in total. The molecule has 0 aliphatic heterocycles. The van der Waals surface area contributed by atoms with E-state index in [-0.39, 0.29) is 5.78 Å². The first-order valence-electron chi connectivity index (χ1n) is 11.2. The van der Waals surface area contributed by atoms with Gasteiger partial charge >= 0.3 is 0 Å². The van der Waals surface area contributed by atoms with E-state index in [0.717, 1.165) is 32.1 Å². The van der Waals surface area contributed by atoms with Gasteiger partial charge in [0, 0.05) is 6.42 Å². The van der Waals surface area contributed by atoms with E-state index in [4.69, 9.17) is 11.5 Å². The van der Waals surface area contributed by atoms with E-state index in [0.29, 0.717) is 12.8 Å². The predicted molar refractivity (Wildman–Crippen MR) is 111 cm³/mol. The van der Waals surface area contributed by atoms with Gasteiger partial charge in [-0.3, -0.25) is 4.79 Å². The zero-order chi connectivity index (χ0) is 18.8. The van der Waals surface area contributed by atoms with Gasteiger partial charge in [0.25, 0.3) is 0 Å². The zero-order valence-electron chi connectivity index (χ0n) is 17.3. The molecule has 0 rings (SSSR count). The third-order valence-corrected chi connectivity index (χ3v) is 5.22. The lowest BCUT2D eigenvalue weighted by Crippen LogP contribution is -2.56. The highest BCUT2D eigenvalue weighted by molar-refractivity contribution is 5.87. The first-order chi connectivity index (χ1) is 12.0. The maximum Gasteiger partial charge on any atom is 0.166 e. The number of carbonyl (C=O) groups excluding carboxylic acids is 1. The molecule has 0 aliphatic rings. The number of rotatable bonds is 19. The van der Waals surface area contributed by atoms with E-state index < -0.39 is 5.66 Å². The summed E-state index contributed by atoms with van der Waals surface area (Å²) in [6, 6.07) is 0. The lowest BCUT2D eigenvalue weighted by molar-refractivity contribution is -0.124. The summed E-state index contributed by atoms with van der Waals surface area (Å²) < 4.78 is 0. The highest BCUT2D eigenvalue weighted by Crippen LogP contribution is 2.15. The second-order valence-electron chi connectivity index (χ2n) is 7.91. The Morgan fingerprint density at radius 1 is 0.600 bits per heavy atom. The van der Waals surface area contributed by atoms with Crippen LogP contribution in [0.3, 0.4) is 0 Å². The summed E-state index contributed by atoms with van der Waals surface area (Å²) in [6.07, 6.45) is 21.5. The van der Waals surface area contributed by atoms with Gasteiger partial charge in [0.05, 0.1) is 0 Å². The van der Waals surface area contributed by atoms with Crippen molar-refractivity contribution in [1.29, 1.82) is 0 Å². The van der Waals surface area contributed by atoms with Crippen molar-refractivity contribution in [3.8, 4) is 0 Å². The first-order valence-corrected chi connectivity index (χ1v) is 11.2. The lowest BCUT2D eigenvalue weighted by Gasteiger charge is -2.22. The standard InChI is InChI=1S/C22H46N2O/c1-3-5-7-8-9-10-11-12-13-14-15-16-17-19-21(25)22(23,24)20-18-6-4-2/h3-20,23-24H2,1-2H3. The summed E-state index contributed by atoms with van der Waals surface area (Å²) in [5, 5.41) is 0. The molecular weight excluding hydrogens is 308 g/mol. The Morgan fingerprint density at radius 3 is 1.40 bits per heavy atom. The molecule has 0 saturated carbocycles. The van der Waals surface area contributed by atoms with Crippen LogP contribution in [0.4, 0.5) is 0 Å². The van der Waals surface area contributed by atoms with Crippen molar-refractivity contribution in [3.63, 3.8) is 0 Å². The molecule has 0 unspecified atom stereocenters. The van der Waals surface area contributed by atoms with Crippen molar-refractivity contribution < 1.29 is 4.79 Å². The Hall–Kier alpha value is -0.410. The molecule has 3 heteroatoms. The Labute approximate surface area is 157 Å². The van der Waals surface area contributed by atoms with Crippen LogP contribution in [0.1, 0.15) is 129 Å². The second kappa shape index (κ2) is 17.0. The van der Waals surface area contributed by atoms with Crippen LogP contribution < -0.4 is 11.5 Å². The van der Waals surface area contributed by atoms with Crippen LogP contribution in [0.5, 0.6) is 0 Å². The van der Waals surface area contributed by atoms with Gasteiger partial charge in [0.15, 0.2) is 5.78 Å². The van der Waals surface area contributed by atoms with Crippen LogP contribution in [-0.4, -0.2) is 11.4 Å². The molecule has 0 saturated heterocycles. The Balaban J connectivity index is 3.38. The molecule has 3 nitrogen and oxygen atoms in total. The molecule has 0 radical (unpaired) electrons. The Morgan fingerprint density at radius 2 is 0.960 bits per heavy atom. The van der Waals surface area contributed by atoms with Gasteiger partial charge in [-0.05, 0) is 19.3 Å². The van der Waals surface area contributed by atoms with Crippen LogP contribution in [0, 0.1) is 0 Å². The average Bonchev–Trinajstić information content (AvgIpc) is 2.59. The molecule has 25 heavy (non-hydrogen) atoms. The van der Waals surface area contributed by atoms with Crippen molar-refractivity contribution in [2.75, 3.05) is 0 Å². The minimum Gasteiger partial charge on any atom is -0.307 e. The molecule has 0 aliphatic carbocycles. The van der Waals surface area contributed by atoms with Gasteiger partial charge in [-0.2, -0.15) is 0 Å². The molecule has 0 aromatic heterocycles. The topological polar surface area (TPSA) is 69.1 Å². The summed E-state index contributed by atoms with van der Waals surface area (Å²) >= 11 is 0. The van der Waals surface area contributed by atoms with E-state index in [1.165, 1.54) is 70.6 Å². The van der Waals surface area contributed by atoms with Crippen LogP contribution in [0.15, 0.2) is 0 Å². The van der Waals surface area contributed by atoms with Gasteiger partial charge in [-0.15, -0.1) is 0 Å². The van der Waals surface area contributed by atoms with E-state index in [9.17, 15) is 4.79 Å². The third kappa shape index (κ3) is 15.6. The van der Waals surface area contributed by atoms with Crippen molar-refractivity contribution in [2.45, 2.75) is 135 Å². The van der Waals surface area contributed by atoms with Crippen LogP contribution in [0.2, 0.25) is 0 Å². The van der Waals surface area contributed by atoms with Crippen molar-refractivity contribution in [1.82, 2.24) is 0 Å². The fraction of sp³-hybridized carbons (Fsp3) is 0.955. The normalized spacial score (nSPS) is 11.8. The molecule has 0 aromatic rings. The summed E-state index contributed by atoms with van der Waals surface area (Å²) in [5.41, 5.74) is 10.9. The maximum absolute atomic E-state index is 12.1. The van der Waals surface area contributed by atoms with Crippen LogP contribution in [0.25, 0.3) is 0 Å². The van der Waals surface area contributed by atoms with E-state index in [1.54, 1.807) is 0 Å². The van der Waals surface area contributed by atoms with Crippen molar-refractivity contribution in [3.05, 3.63) is 0 Å². The summed E-state index contributed by atoms with van der Waals surface area (Å²) in [7, 11) is 0. The summed E-state index contributed by atoms with van der Waals surface area (Å²) in [4.78, 5) is 12.1. The fourth-order valence-corrected chi connectivity index (χ4v) is 3.34. The van der Waals surface area contributed by atoms with Gasteiger partial charge in [0.1, 0.15) is 5.66 Å². The molecule has 150 valence electrons.